The van der Waals surface area contributed by atoms with Crippen molar-refractivity contribution in [1.82, 2.24) is 10.2 Å². The highest BCUT2D eigenvalue weighted by Crippen LogP contribution is 2.25. The minimum atomic E-state index is -2.20. The summed E-state index contributed by atoms with van der Waals surface area (Å²) in [5, 5.41) is 2.77. The molecule has 0 aromatic rings. The first-order chi connectivity index (χ1) is 7.18. The maximum absolute atomic E-state index is 12.4. The number of rotatable bonds is 2. The third-order valence-electron chi connectivity index (χ3n) is 3.39. The molecule has 1 N–H and O–H groups in total. The second kappa shape index (κ2) is 4.43. The molecule has 0 aliphatic carbocycles. The SMILES string of the molecule is O=C1NCCC1N1CCC(C(F)F)CC1. The Hall–Kier alpha value is -0.710. The highest BCUT2D eigenvalue weighted by atomic mass is 19.3. The number of carbonyl (C=O) groups excluding carboxylic acids is 1. The van der Waals surface area contributed by atoms with Crippen LogP contribution in [0.15, 0.2) is 0 Å². The zero-order chi connectivity index (χ0) is 10.8. The smallest absolute Gasteiger partial charge is 0.241 e. The lowest BCUT2D eigenvalue weighted by Gasteiger charge is -2.34. The normalized spacial score (nSPS) is 29.8. The van der Waals surface area contributed by atoms with Crippen molar-refractivity contribution in [3.8, 4) is 0 Å². The number of halogens is 2. The zero-order valence-electron chi connectivity index (χ0n) is 8.59. The summed E-state index contributed by atoms with van der Waals surface area (Å²) in [5.74, 6) is -0.406. The zero-order valence-corrected chi connectivity index (χ0v) is 8.59. The molecule has 0 saturated carbocycles. The minimum Gasteiger partial charge on any atom is -0.355 e. The van der Waals surface area contributed by atoms with Crippen LogP contribution in [0.25, 0.3) is 0 Å². The van der Waals surface area contributed by atoms with Gasteiger partial charge in [0.2, 0.25) is 12.3 Å². The molecule has 3 nitrogen and oxygen atoms in total. The van der Waals surface area contributed by atoms with Crippen molar-refractivity contribution >= 4 is 5.91 Å². The molecule has 0 spiro atoms. The summed E-state index contributed by atoms with van der Waals surface area (Å²) in [6, 6.07) is -0.0661. The molecule has 15 heavy (non-hydrogen) atoms. The van der Waals surface area contributed by atoms with Crippen LogP contribution in [0.1, 0.15) is 19.3 Å². The van der Waals surface area contributed by atoms with Gasteiger partial charge in [-0.2, -0.15) is 0 Å². The van der Waals surface area contributed by atoms with E-state index in [-0.39, 0.29) is 11.9 Å². The van der Waals surface area contributed by atoms with E-state index in [2.05, 4.69) is 5.32 Å². The predicted octanol–water partition coefficient (Wildman–Crippen LogP) is 0.852. The molecule has 2 aliphatic heterocycles. The van der Waals surface area contributed by atoms with Crippen molar-refractivity contribution in [2.45, 2.75) is 31.7 Å². The van der Waals surface area contributed by atoms with Crippen molar-refractivity contribution in [3.05, 3.63) is 0 Å². The van der Waals surface area contributed by atoms with Crippen molar-refractivity contribution < 1.29 is 13.6 Å². The molecule has 2 rings (SSSR count). The third kappa shape index (κ3) is 2.27. The number of amides is 1. The summed E-state index contributed by atoms with van der Waals surface area (Å²) in [5.41, 5.74) is 0. The molecule has 2 saturated heterocycles. The summed E-state index contributed by atoms with van der Waals surface area (Å²) in [7, 11) is 0. The average Bonchev–Trinajstić information content (AvgIpc) is 2.65. The standard InChI is InChI=1S/C10H16F2N2O/c11-9(12)7-2-5-14(6-3-7)8-1-4-13-10(8)15/h7-9H,1-6H2,(H,13,15). The van der Waals surface area contributed by atoms with Crippen molar-refractivity contribution in [1.29, 1.82) is 0 Å². The first-order valence-corrected chi connectivity index (χ1v) is 5.48. The van der Waals surface area contributed by atoms with Gasteiger partial charge in [-0.1, -0.05) is 0 Å². The monoisotopic (exact) mass is 218 g/mol. The molecular weight excluding hydrogens is 202 g/mol. The summed E-state index contributed by atoms with van der Waals surface area (Å²) < 4.78 is 24.8. The van der Waals surface area contributed by atoms with E-state index >= 15 is 0 Å². The van der Waals surface area contributed by atoms with Crippen molar-refractivity contribution in [2.24, 2.45) is 5.92 Å². The number of nitrogens with zero attached hydrogens (tertiary/aromatic N) is 1. The molecule has 0 bridgehead atoms. The quantitative estimate of drug-likeness (QED) is 0.745. The van der Waals surface area contributed by atoms with E-state index in [9.17, 15) is 13.6 Å². The van der Waals surface area contributed by atoms with Crippen LogP contribution >= 0.6 is 0 Å². The number of carbonyl (C=O) groups is 1. The molecule has 5 heteroatoms. The molecule has 86 valence electrons. The largest absolute Gasteiger partial charge is 0.355 e. The van der Waals surface area contributed by atoms with Crippen LogP contribution in [-0.2, 0) is 4.79 Å². The van der Waals surface area contributed by atoms with Gasteiger partial charge in [0.15, 0.2) is 0 Å². The lowest BCUT2D eigenvalue weighted by Crippen LogP contribution is -2.45. The number of nitrogens with one attached hydrogen (secondary N) is 1. The van der Waals surface area contributed by atoms with Gasteiger partial charge in [0.25, 0.3) is 0 Å². The fourth-order valence-corrected chi connectivity index (χ4v) is 2.41. The predicted molar refractivity (Wildman–Crippen MR) is 51.7 cm³/mol. The molecule has 1 atom stereocenters. The van der Waals surface area contributed by atoms with Crippen LogP contribution in [0.3, 0.4) is 0 Å². The van der Waals surface area contributed by atoms with Gasteiger partial charge < -0.3 is 5.32 Å². The van der Waals surface area contributed by atoms with E-state index in [1.165, 1.54) is 0 Å². The summed E-state index contributed by atoms with van der Waals surface area (Å²) in [4.78, 5) is 13.4. The molecule has 0 aromatic carbocycles. The summed E-state index contributed by atoms with van der Waals surface area (Å²) >= 11 is 0. The van der Waals surface area contributed by atoms with Crippen LogP contribution in [0.5, 0.6) is 0 Å². The Labute approximate surface area is 87.8 Å². The summed E-state index contributed by atoms with van der Waals surface area (Å²) in [6.07, 6.45) is -0.356. The van der Waals surface area contributed by atoms with E-state index < -0.39 is 12.3 Å². The van der Waals surface area contributed by atoms with Gasteiger partial charge >= 0.3 is 0 Å². The summed E-state index contributed by atoms with van der Waals surface area (Å²) in [6.45, 7) is 1.98. The second-order valence-electron chi connectivity index (χ2n) is 4.30. The third-order valence-corrected chi connectivity index (χ3v) is 3.39. The van der Waals surface area contributed by atoms with Gasteiger partial charge in [-0.25, -0.2) is 8.78 Å². The minimum absolute atomic E-state index is 0.0606. The van der Waals surface area contributed by atoms with Gasteiger partial charge in [0.05, 0.1) is 6.04 Å². The van der Waals surface area contributed by atoms with Crippen LogP contribution in [0.4, 0.5) is 8.78 Å². The lowest BCUT2D eigenvalue weighted by atomic mass is 9.96. The van der Waals surface area contributed by atoms with Crippen molar-refractivity contribution in [2.75, 3.05) is 19.6 Å². The van der Waals surface area contributed by atoms with Crippen LogP contribution < -0.4 is 5.32 Å². The van der Waals surface area contributed by atoms with Crippen LogP contribution in [0, 0.1) is 5.92 Å². The number of alkyl halides is 2. The number of piperidine rings is 1. The Balaban J connectivity index is 1.85. The Morgan fingerprint density at radius 2 is 1.93 bits per heavy atom. The van der Waals surface area contributed by atoms with E-state index in [1.54, 1.807) is 0 Å². The number of likely N-dealkylation sites (tertiary alicyclic amines) is 1. The van der Waals surface area contributed by atoms with Crippen LogP contribution in [0.2, 0.25) is 0 Å². The maximum atomic E-state index is 12.4. The van der Waals surface area contributed by atoms with E-state index in [4.69, 9.17) is 0 Å². The van der Waals surface area contributed by atoms with Gasteiger partial charge in [0, 0.05) is 12.5 Å². The van der Waals surface area contributed by atoms with Gasteiger partial charge in [-0.15, -0.1) is 0 Å². The molecule has 2 aliphatic rings. The topological polar surface area (TPSA) is 32.3 Å². The molecular formula is C10H16F2N2O. The highest BCUT2D eigenvalue weighted by Gasteiger charge is 2.34. The van der Waals surface area contributed by atoms with E-state index in [0.29, 0.717) is 25.9 Å². The van der Waals surface area contributed by atoms with E-state index in [1.807, 2.05) is 4.90 Å². The van der Waals surface area contributed by atoms with Gasteiger partial charge in [0.1, 0.15) is 0 Å². The first kappa shape index (κ1) is 10.8. The fourth-order valence-electron chi connectivity index (χ4n) is 2.41. The molecule has 1 unspecified atom stereocenters. The molecule has 2 fully saturated rings. The van der Waals surface area contributed by atoms with Crippen LogP contribution in [-0.4, -0.2) is 42.9 Å². The molecule has 0 radical (unpaired) electrons. The average molecular weight is 218 g/mol. The Morgan fingerprint density at radius 3 is 2.40 bits per heavy atom. The molecule has 0 aromatic heterocycles. The first-order valence-electron chi connectivity index (χ1n) is 5.48. The lowest BCUT2D eigenvalue weighted by molar-refractivity contribution is -0.124. The number of hydrogen-bond acceptors (Lipinski definition) is 2. The second-order valence-corrected chi connectivity index (χ2v) is 4.30. The Bertz CT molecular complexity index is 240. The molecule has 2 heterocycles. The van der Waals surface area contributed by atoms with Gasteiger partial charge in [-0.05, 0) is 32.4 Å². The number of hydrogen-bond donors (Lipinski definition) is 1. The fraction of sp³-hybridized carbons (Fsp3) is 0.900. The Morgan fingerprint density at radius 1 is 1.27 bits per heavy atom. The maximum Gasteiger partial charge on any atom is 0.241 e. The highest BCUT2D eigenvalue weighted by molar-refractivity contribution is 5.83. The van der Waals surface area contributed by atoms with Crippen molar-refractivity contribution in [3.63, 3.8) is 0 Å². The van der Waals surface area contributed by atoms with Gasteiger partial charge in [-0.3, -0.25) is 9.69 Å². The van der Waals surface area contributed by atoms with E-state index in [0.717, 1.165) is 13.0 Å². The Kier molecular flexibility index (Phi) is 3.19. The molecule has 1 amide bonds.